The van der Waals surface area contributed by atoms with Crippen molar-refractivity contribution >= 4 is 0 Å². The summed E-state index contributed by atoms with van der Waals surface area (Å²) in [6, 6.07) is 10.2. The number of rotatable bonds is 6. The summed E-state index contributed by atoms with van der Waals surface area (Å²) in [5, 5.41) is 0. The summed E-state index contributed by atoms with van der Waals surface area (Å²) in [4.78, 5) is 0. The monoisotopic (exact) mass is 292 g/mol. The second kappa shape index (κ2) is 6.88. The van der Waals surface area contributed by atoms with Gasteiger partial charge in [0, 0.05) is 13.5 Å². The molecule has 2 heterocycles. The van der Waals surface area contributed by atoms with Crippen molar-refractivity contribution in [3.63, 3.8) is 0 Å². The highest BCUT2D eigenvalue weighted by molar-refractivity contribution is 5.13. The molecule has 0 aromatic heterocycles. The molecule has 1 aromatic carbocycles. The fourth-order valence-electron chi connectivity index (χ4n) is 3.17. The summed E-state index contributed by atoms with van der Waals surface area (Å²) in [7, 11) is 1.74. The van der Waals surface area contributed by atoms with Crippen molar-refractivity contribution in [3.05, 3.63) is 35.9 Å². The fraction of sp³-hybridized carbons (Fsp3) is 0.647. The average Bonchev–Trinajstić information content (AvgIpc) is 2.87. The molecule has 2 bridgehead atoms. The zero-order chi connectivity index (χ0) is 14.7. The molecule has 21 heavy (non-hydrogen) atoms. The SMILES string of the molecule is CCC[C@H]1O[C@H]2O[C@@H]1[C@H](OC)C[C@@H]2OCc1ccccc1. The molecule has 2 saturated heterocycles. The van der Waals surface area contributed by atoms with Gasteiger partial charge in [0.1, 0.15) is 12.2 Å². The van der Waals surface area contributed by atoms with Gasteiger partial charge in [-0.3, -0.25) is 0 Å². The molecule has 2 fully saturated rings. The highest BCUT2D eigenvalue weighted by atomic mass is 16.8. The van der Waals surface area contributed by atoms with Crippen molar-refractivity contribution in [3.8, 4) is 0 Å². The van der Waals surface area contributed by atoms with Crippen molar-refractivity contribution in [1.29, 1.82) is 0 Å². The molecular weight excluding hydrogens is 268 g/mol. The van der Waals surface area contributed by atoms with Gasteiger partial charge in [-0.15, -0.1) is 0 Å². The van der Waals surface area contributed by atoms with E-state index >= 15 is 0 Å². The molecule has 5 atom stereocenters. The van der Waals surface area contributed by atoms with E-state index in [-0.39, 0.29) is 30.7 Å². The Hall–Kier alpha value is -0.940. The van der Waals surface area contributed by atoms with Gasteiger partial charge in [-0.2, -0.15) is 0 Å². The van der Waals surface area contributed by atoms with Crippen molar-refractivity contribution < 1.29 is 18.9 Å². The summed E-state index contributed by atoms with van der Waals surface area (Å²) in [6.07, 6.45) is 2.86. The average molecular weight is 292 g/mol. The largest absolute Gasteiger partial charge is 0.379 e. The molecule has 0 radical (unpaired) electrons. The van der Waals surface area contributed by atoms with Gasteiger partial charge in [0.15, 0.2) is 6.29 Å². The van der Waals surface area contributed by atoms with Crippen LogP contribution in [0.3, 0.4) is 0 Å². The van der Waals surface area contributed by atoms with Crippen LogP contribution in [0.1, 0.15) is 31.7 Å². The number of ether oxygens (including phenoxy) is 4. The van der Waals surface area contributed by atoms with Crippen LogP contribution in [0.4, 0.5) is 0 Å². The van der Waals surface area contributed by atoms with Gasteiger partial charge in [0.2, 0.25) is 0 Å². The van der Waals surface area contributed by atoms with Crippen LogP contribution in [0.25, 0.3) is 0 Å². The minimum atomic E-state index is -0.248. The van der Waals surface area contributed by atoms with E-state index in [1.54, 1.807) is 7.11 Å². The molecule has 0 spiro atoms. The normalized spacial score (nSPS) is 35.0. The summed E-state index contributed by atoms with van der Waals surface area (Å²) in [5.74, 6) is 0. The number of fused-ring (bicyclic) bond motifs is 2. The van der Waals surface area contributed by atoms with Crippen LogP contribution >= 0.6 is 0 Å². The van der Waals surface area contributed by atoms with Crippen LogP contribution in [0.2, 0.25) is 0 Å². The Balaban J connectivity index is 1.61. The maximum absolute atomic E-state index is 6.03. The lowest BCUT2D eigenvalue weighted by Crippen LogP contribution is -2.45. The van der Waals surface area contributed by atoms with Crippen LogP contribution in [-0.2, 0) is 25.6 Å². The highest BCUT2D eigenvalue weighted by Crippen LogP contribution is 2.37. The van der Waals surface area contributed by atoms with Crippen LogP contribution in [-0.4, -0.2) is 37.8 Å². The van der Waals surface area contributed by atoms with Crippen LogP contribution < -0.4 is 0 Å². The van der Waals surface area contributed by atoms with E-state index in [9.17, 15) is 0 Å². The first-order valence-electron chi connectivity index (χ1n) is 7.81. The summed E-state index contributed by atoms with van der Waals surface area (Å²) >= 11 is 0. The first-order valence-corrected chi connectivity index (χ1v) is 7.81. The molecule has 0 unspecified atom stereocenters. The summed E-state index contributed by atoms with van der Waals surface area (Å²) < 4.78 is 23.6. The van der Waals surface area contributed by atoms with E-state index in [4.69, 9.17) is 18.9 Å². The third-order valence-electron chi connectivity index (χ3n) is 4.28. The lowest BCUT2D eigenvalue weighted by Gasteiger charge is -2.33. The lowest BCUT2D eigenvalue weighted by atomic mass is 9.98. The molecular formula is C17H24O4. The Morgan fingerprint density at radius 1 is 1.14 bits per heavy atom. The van der Waals surface area contributed by atoms with E-state index in [1.165, 1.54) is 0 Å². The van der Waals surface area contributed by atoms with E-state index in [2.05, 4.69) is 19.1 Å². The summed E-state index contributed by atoms with van der Waals surface area (Å²) in [5.41, 5.74) is 1.16. The molecule has 1 aromatic rings. The zero-order valence-electron chi connectivity index (χ0n) is 12.7. The van der Waals surface area contributed by atoms with Gasteiger partial charge in [-0.05, 0) is 12.0 Å². The van der Waals surface area contributed by atoms with E-state index in [1.807, 2.05) is 18.2 Å². The molecule has 2 aliphatic heterocycles. The highest BCUT2D eigenvalue weighted by Gasteiger charge is 2.49. The van der Waals surface area contributed by atoms with Crippen molar-refractivity contribution in [2.45, 2.75) is 63.5 Å². The predicted octanol–water partition coefficient (Wildman–Crippen LogP) is 2.90. The first-order chi connectivity index (χ1) is 10.3. The lowest BCUT2D eigenvalue weighted by molar-refractivity contribution is -0.206. The van der Waals surface area contributed by atoms with Crippen molar-refractivity contribution in [2.24, 2.45) is 0 Å². The Morgan fingerprint density at radius 2 is 1.95 bits per heavy atom. The molecule has 0 aliphatic carbocycles. The molecule has 0 saturated carbocycles. The van der Waals surface area contributed by atoms with Crippen molar-refractivity contribution in [2.75, 3.05) is 7.11 Å². The third kappa shape index (κ3) is 3.29. The van der Waals surface area contributed by atoms with Crippen molar-refractivity contribution in [1.82, 2.24) is 0 Å². The minimum absolute atomic E-state index is 0.0523. The Bertz CT molecular complexity index is 434. The molecule has 0 N–H and O–H groups in total. The van der Waals surface area contributed by atoms with Gasteiger partial charge < -0.3 is 18.9 Å². The Kier molecular flexibility index (Phi) is 4.91. The molecule has 3 rings (SSSR count). The maximum Gasteiger partial charge on any atom is 0.184 e. The topological polar surface area (TPSA) is 36.9 Å². The minimum Gasteiger partial charge on any atom is -0.379 e. The van der Waals surface area contributed by atoms with E-state index < -0.39 is 0 Å². The first kappa shape index (κ1) is 15.0. The molecule has 4 nitrogen and oxygen atoms in total. The quantitative estimate of drug-likeness (QED) is 0.808. The number of hydrogen-bond acceptors (Lipinski definition) is 4. The van der Waals surface area contributed by atoms with Gasteiger partial charge in [0.25, 0.3) is 0 Å². The van der Waals surface area contributed by atoms with E-state index in [0.717, 1.165) is 24.8 Å². The van der Waals surface area contributed by atoms with Crippen LogP contribution in [0.5, 0.6) is 0 Å². The number of methoxy groups -OCH3 is 1. The Morgan fingerprint density at radius 3 is 2.67 bits per heavy atom. The summed E-state index contributed by atoms with van der Waals surface area (Å²) in [6.45, 7) is 2.74. The zero-order valence-corrected chi connectivity index (χ0v) is 12.7. The van der Waals surface area contributed by atoms with E-state index in [0.29, 0.717) is 6.61 Å². The maximum atomic E-state index is 6.03. The Labute approximate surface area is 126 Å². The molecule has 2 aliphatic rings. The second-order valence-electron chi connectivity index (χ2n) is 5.78. The second-order valence-corrected chi connectivity index (χ2v) is 5.78. The predicted molar refractivity (Wildman–Crippen MR) is 78.9 cm³/mol. The van der Waals surface area contributed by atoms with Gasteiger partial charge in [0.05, 0.1) is 18.8 Å². The van der Waals surface area contributed by atoms with Crippen LogP contribution in [0.15, 0.2) is 30.3 Å². The third-order valence-corrected chi connectivity index (χ3v) is 4.28. The number of benzene rings is 1. The van der Waals surface area contributed by atoms with Gasteiger partial charge in [-0.1, -0.05) is 43.7 Å². The molecule has 0 amide bonds. The molecule has 116 valence electrons. The van der Waals surface area contributed by atoms with Crippen LogP contribution in [0, 0.1) is 0 Å². The van der Waals surface area contributed by atoms with Gasteiger partial charge >= 0.3 is 0 Å². The fourth-order valence-corrected chi connectivity index (χ4v) is 3.17. The standard InChI is InChI=1S/C17H24O4/c1-3-7-13-16-14(18-2)10-15(17(20-13)21-16)19-11-12-8-5-4-6-9-12/h4-6,8-9,13-17H,3,7,10-11H2,1-2H3/t13-,14-,15+,16+,17+/m1/s1. The number of hydrogen-bond donors (Lipinski definition) is 0. The smallest absolute Gasteiger partial charge is 0.184 e. The van der Waals surface area contributed by atoms with Gasteiger partial charge in [-0.25, -0.2) is 0 Å². The molecule has 4 heteroatoms.